The fraction of sp³-hybridized carbons (Fsp3) is 0.409. The number of hydrogen-bond acceptors (Lipinski definition) is 6. The van der Waals surface area contributed by atoms with E-state index in [4.69, 9.17) is 4.74 Å². The van der Waals surface area contributed by atoms with Crippen LogP contribution in [0.25, 0.3) is 0 Å². The van der Waals surface area contributed by atoms with Gasteiger partial charge in [-0.3, -0.25) is 4.79 Å². The number of aliphatic hydroxyl groups is 2. The Labute approximate surface area is 168 Å². The largest absolute Gasteiger partial charge is 0.481 e. The van der Waals surface area contributed by atoms with Gasteiger partial charge in [-0.2, -0.15) is 10.4 Å². The smallest absolute Gasteiger partial charge is 0.267 e. The number of rotatable bonds is 3. The minimum absolute atomic E-state index is 0.204. The Morgan fingerprint density at radius 3 is 2.72 bits per heavy atom. The summed E-state index contributed by atoms with van der Waals surface area (Å²) in [7, 11) is 0. The van der Waals surface area contributed by atoms with Crippen molar-refractivity contribution in [3.8, 4) is 11.8 Å². The third kappa shape index (κ3) is 3.05. The summed E-state index contributed by atoms with van der Waals surface area (Å²) in [6.07, 6.45) is 5.21. The predicted octanol–water partition coefficient (Wildman–Crippen LogP) is 2.21. The summed E-state index contributed by atoms with van der Waals surface area (Å²) in [6.45, 7) is 3.84. The molecule has 0 amide bonds. The van der Waals surface area contributed by atoms with Crippen molar-refractivity contribution in [3.05, 3.63) is 70.2 Å². The van der Waals surface area contributed by atoms with Gasteiger partial charge in [0.15, 0.2) is 5.60 Å². The van der Waals surface area contributed by atoms with Crippen LogP contribution in [0.2, 0.25) is 0 Å². The zero-order valence-electron chi connectivity index (χ0n) is 16.0. The van der Waals surface area contributed by atoms with Crippen molar-refractivity contribution in [3.63, 3.8) is 0 Å². The first-order valence-electron chi connectivity index (χ1n) is 9.78. The van der Waals surface area contributed by atoms with E-state index < -0.39 is 17.3 Å². The Hall–Kier alpha value is -2.95. The molecular weight excluding hydrogens is 370 g/mol. The molecule has 1 fully saturated rings. The number of aromatic nitrogens is 2. The van der Waals surface area contributed by atoms with E-state index in [1.165, 1.54) is 16.8 Å². The van der Waals surface area contributed by atoms with Gasteiger partial charge in [0.1, 0.15) is 5.75 Å². The Bertz CT molecular complexity index is 1040. The summed E-state index contributed by atoms with van der Waals surface area (Å²) in [6, 6.07) is 9.91. The summed E-state index contributed by atoms with van der Waals surface area (Å²) in [4.78, 5) is 12.1. The van der Waals surface area contributed by atoms with E-state index in [0.29, 0.717) is 35.4 Å². The molecule has 1 aromatic heterocycles. The molecule has 1 atom stereocenters. The highest BCUT2D eigenvalue weighted by Gasteiger charge is 2.61. The highest BCUT2D eigenvalue weighted by atomic mass is 16.6. The molecule has 150 valence electrons. The third-order valence-electron chi connectivity index (χ3n) is 5.97. The van der Waals surface area contributed by atoms with Gasteiger partial charge in [-0.1, -0.05) is 12.5 Å². The summed E-state index contributed by atoms with van der Waals surface area (Å²) >= 11 is 0. The van der Waals surface area contributed by atoms with E-state index in [1.807, 2.05) is 0 Å². The normalized spacial score (nSPS) is 21.6. The number of benzene rings is 1. The summed E-state index contributed by atoms with van der Waals surface area (Å²) in [5.74, 6) is -2.70. The number of hydrogen-bond donors (Lipinski definition) is 2. The second-order valence-electron chi connectivity index (χ2n) is 7.75. The van der Waals surface area contributed by atoms with Crippen LogP contribution >= 0.6 is 0 Å². The maximum absolute atomic E-state index is 12.1. The van der Waals surface area contributed by atoms with Gasteiger partial charge >= 0.3 is 0 Å². The van der Waals surface area contributed by atoms with E-state index in [0.717, 1.165) is 19.3 Å². The highest BCUT2D eigenvalue weighted by molar-refractivity contribution is 5.50. The second-order valence-corrected chi connectivity index (χ2v) is 7.75. The highest BCUT2D eigenvalue weighted by Crippen LogP contribution is 2.53. The van der Waals surface area contributed by atoms with Crippen molar-refractivity contribution >= 4 is 0 Å². The molecule has 29 heavy (non-hydrogen) atoms. The molecule has 1 aliphatic heterocycles. The SMILES string of the molecule is C=CCn1nc(C2c3cc(C#N)ccc3OC3(CCCCC3)C2(O)O)ccc1=O. The molecule has 4 rings (SSSR count). The van der Waals surface area contributed by atoms with Gasteiger partial charge in [-0.05, 0) is 49.9 Å². The minimum Gasteiger partial charge on any atom is -0.481 e. The topological polar surface area (TPSA) is 108 Å². The van der Waals surface area contributed by atoms with Gasteiger partial charge in [0.25, 0.3) is 5.56 Å². The van der Waals surface area contributed by atoms with Crippen molar-refractivity contribution < 1.29 is 14.9 Å². The van der Waals surface area contributed by atoms with Crippen molar-refractivity contribution in [2.75, 3.05) is 0 Å². The Balaban J connectivity index is 1.94. The van der Waals surface area contributed by atoms with E-state index in [9.17, 15) is 20.3 Å². The fourth-order valence-electron chi connectivity index (χ4n) is 4.53. The molecule has 2 aromatic rings. The van der Waals surface area contributed by atoms with E-state index in [1.54, 1.807) is 24.3 Å². The maximum Gasteiger partial charge on any atom is 0.267 e. The maximum atomic E-state index is 12.1. The van der Waals surface area contributed by atoms with Crippen LogP contribution in [0.15, 0.2) is 47.8 Å². The predicted molar refractivity (Wildman–Crippen MR) is 105 cm³/mol. The van der Waals surface area contributed by atoms with Gasteiger partial charge in [0.05, 0.1) is 29.8 Å². The lowest BCUT2D eigenvalue weighted by atomic mass is 9.68. The minimum atomic E-state index is -2.25. The van der Waals surface area contributed by atoms with E-state index in [-0.39, 0.29) is 12.1 Å². The molecule has 1 spiro atoms. The van der Waals surface area contributed by atoms with Gasteiger partial charge in [-0.25, -0.2) is 4.68 Å². The first-order valence-corrected chi connectivity index (χ1v) is 9.78. The molecule has 2 N–H and O–H groups in total. The van der Waals surface area contributed by atoms with Crippen LogP contribution in [0.1, 0.15) is 54.8 Å². The van der Waals surface area contributed by atoms with Gasteiger partial charge in [-0.15, -0.1) is 6.58 Å². The number of nitriles is 1. The van der Waals surface area contributed by atoms with Gasteiger partial charge in [0.2, 0.25) is 5.79 Å². The molecule has 7 nitrogen and oxygen atoms in total. The Morgan fingerprint density at radius 2 is 2.03 bits per heavy atom. The molecule has 2 aliphatic rings. The average molecular weight is 393 g/mol. The molecule has 1 aliphatic carbocycles. The molecule has 1 unspecified atom stereocenters. The summed E-state index contributed by atoms with van der Waals surface area (Å²) in [5.41, 5.74) is -0.284. The van der Waals surface area contributed by atoms with Crippen molar-refractivity contribution in [2.45, 2.75) is 56.0 Å². The van der Waals surface area contributed by atoms with Crippen molar-refractivity contribution in [2.24, 2.45) is 0 Å². The molecule has 7 heteroatoms. The quantitative estimate of drug-likeness (QED) is 0.611. The average Bonchev–Trinajstić information content (AvgIpc) is 2.71. The van der Waals surface area contributed by atoms with Crippen molar-refractivity contribution in [1.29, 1.82) is 5.26 Å². The van der Waals surface area contributed by atoms with Crippen LogP contribution < -0.4 is 10.3 Å². The molecule has 1 aromatic carbocycles. The van der Waals surface area contributed by atoms with Crippen molar-refractivity contribution in [1.82, 2.24) is 9.78 Å². The molecular formula is C22H23N3O4. The third-order valence-corrected chi connectivity index (χ3v) is 5.97. The van der Waals surface area contributed by atoms with Crippen LogP contribution in [0.3, 0.4) is 0 Å². The number of nitrogens with zero attached hydrogens (tertiary/aromatic N) is 3. The van der Waals surface area contributed by atoms with E-state index in [2.05, 4.69) is 17.7 Å². The Kier molecular flexibility index (Phi) is 4.77. The second kappa shape index (κ2) is 7.14. The van der Waals surface area contributed by atoms with E-state index >= 15 is 0 Å². The standard InChI is InChI=1S/C22H23N3O4/c1-2-12-25-19(26)9-7-17(24-25)20-16-13-15(14-23)6-8-18(16)29-21(22(20,27)28)10-4-3-5-11-21/h2,6-9,13,20,27-28H,1,3-5,10-12H2. The lowest BCUT2D eigenvalue weighted by molar-refractivity contribution is -0.289. The number of ether oxygens (including phenoxy) is 1. The first kappa shape index (κ1) is 19.4. The zero-order chi connectivity index (χ0) is 20.6. The van der Waals surface area contributed by atoms with Crippen LogP contribution in [0.5, 0.6) is 5.75 Å². The van der Waals surface area contributed by atoms with Crippen LogP contribution in [0.4, 0.5) is 0 Å². The van der Waals surface area contributed by atoms with Gasteiger partial charge in [0, 0.05) is 11.6 Å². The first-order chi connectivity index (χ1) is 13.9. The zero-order valence-corrected chi connectivity index (χ0v) is 16.0. The lowest BCUT2D eigenvalue weighted by Crippen LogP contribution is -2.64. The summed E-state index contributed by atoms with van der Waals surface area (Å²) < 4.78 is 7.44. The summed E-state index contributed by atoms with van der Waals surface area (Å²) in [5, 5.41) is 36.6. The Morgan fingerprint density at radius 1 is 1.28 bits per heavy atom. The number of allylic oxidation sites excluding steroid dienone is 1. The fourth-order valence-corrected chi connectivity index (χ4v) is 4.53. The van der Waals surface area contributed by atoms with Crippen LogP contribution in [0, 0.1) is 11.3 Å². The van der Waals surface area contributed by atoms with Gasteiger partial charge < -0.3 is 14.9 Å². The molecule has 0 bridgehead atoms. The molecule has 0 radical (unpaired) electrons. The monoisotopic (exact) mass is 393 g/mol. The number of fused-ring (bicyclic) bond motifs is 1. The molecule has 0 saturated heterocycles. The molecule has 1 saturated carbocycles. The van der Waals surface area contributed by atoms with Crippen LogP contribution in [-0.2, 0) is 6.54 Å². The molecule has 2 heterocycles. The van der Waals surface area contributed by atoms with Crippen LogP contribution in [-0.4, -0.2) is 31.4 Å². The lowest BCUT2D eigenvalue weighted by Gasteiger charge is -2.52.